The molecule has 0 amide bonds. The van der Waals surface area contributed by atoms with Crippen molar-refractivity contribution in [1.29, 1.82) is 0 Å². The summed E-state index contributed by atoms with van der Waals surface area (Å²) < 4.78 is 32.4. The maximum Gasteiger partial charge on any atom is 0.159 e. The van der Waals surface area contributed by atoms with E-state index in [0.717, 1.165) is 23.1 Å². The molecule has 0 saturated heterocycles. The second kappa shape index (κ2) is 7.90. The van der Waals surface area contributed by atoms with Gasteiger partial charge in [0.25, 0.3) is 0 Å². The number of para-hydroxylation sites is 1. The van der Waals surface area contributed by atoms with Gasteiger partial charge in [0, 0.05) is 5.92 Å². The van der Waals surface area contributed by atoms with E-state index in [0.29, 0.717) is 18.5 Å². The second-order valence-electron chi connectivity index (χ2n) is 5.87. The highest BCUT2D eigenvalue weighted by molar-refractivity contribution is 5.35. The smallest absolute Gasteiger partial charge is 0.159 e. The largest absolute Gasteiger partial charge is 0.457 e. The van der Waals surface area contributed by atoms with E-state index in [4.69, 9.17) is 10.5 Å². The van der Waals surface area contributed by atoms with Crippen LogP contribution in [0.2, 0.25) is 0 Å². The molecular weight excluding hydrogens is 320 g/mol. The van der Waals surface area contributed by atoms with E-state index >= 15 is 0 Å². The van der Waals surface area contributed by atoms with Crippen molar-refractivity contribution in [3.63, 3.8) is 0 Å². The summed E-state index contributed by atoms with van der Waals surface area (Å²) in [6.45, 7) is 0.342. The molecule has 3 rings (SSSR count). The van der Waals surface area contributed by atoms with Crippen molar-refractivity contribution in [1.82, 2.24) is 0 Å². The Morgan fingerprint density at radius 2 is 1.56 bits per heavy atom. The SMILES string of the molecule is NCC(Cc1cccc(Oc2ccccc2)c1)c1ccc(F)c(F)c1. The molecule has 0 radical (unpaired) electrons. The lowest BCUT2D eigenvalue weighted by Gasteiger charge is -2.16. The lowest BCUT2D eigenvalue weighted by Crippen LogP contribution is -2.15. The molecule has 2 nitrogen and oxygen atoms in total. The number of hydrogen-bond acceptors (Lipinski definition) is 2. The van der Waals surface area contributed by atoms with Crippen LogP contribution in [0.15, 0.2) is 72.8 Å². The first-order valence-electron chi connectivity index (χ1n) is 8.12. The van der Waals surface area contributed by atoms with Gasteiger partial charge in [-0.25, -0.2) is 8.78 Å². The molecule has 1 atom stereocenters. The Kier molecular flexibility index (Phi) is 5.41. The van der Waals surface area contributed by atoms with E-state index in [1.807, 2.05) is 54.6 Å². The van der Waals surface area contributed by atoms with Gasteiger partial charge in [-0.2, -0.15) is 0 Å². The molecule has 1 unspecified atom stereocenters. The first-order chi connectivity index (χ1) is 12.2. The Morgan fingerprint density at radius 1 is 0.800 bits per heavy atom. The summed E-state index contributed by atoms with van der Waals surface area (Å²) in [6, 6.07) is 21.2. The van der Waals surface area contributed by atoms with Crippen LogP contribution in [0.25, 0.3) is 0 Å². The third-order valence-electron chi connectivity index (χ3n) is 4.06. The Balaban J connectivity index is 1.76. The monoisotopic (exact) mass is 339 g/mol. The molecule has 2 N–H and O–H groups in total. The number of ether oxygens (including phenoxy) is 1. The lowest BCUT2D eigenvalue weighted by molar-refractivity contribution is 0.481. The molecule has 25 heavy (non-hydrogen) atoms. The normalized spacial score (nSPS) is 12.0. The molecule has 0 aliphatic carbocycles. The molecule has 0 aliphatic rings. The van der Waals surface area contributed by atoms with Gasteiger partial charge in [-0.1, -0.05) is 36.4 Å². The molecule has 0 fully saturated rings. The summed E-state index contributed by atoms with van der Waals surface area (Å²) in [7, 11) is 0. The molecule has 0 saturated carbocycles. The van der Waals surface area contributed by atoms with Crippen molar-refractivity contribution in [3.8, 4) is 11.5 Å². The third kappa shape index (κ3) is 4.43. The van der Waals surface area contributed by atoms with Gasteiger partial charge in [-0.15, -0.1) is 0 Å². The highest BCUT2D eigenvalue weighted by Crippen LogP contribution is 2.26. The zero-order chi connectivity index (χ0) is 17.6. The van der Waals surface area contributed by atoms with E-state index in [-0.39, 0.29) is 5.92 Å². The van der Waals surface area contributed by atoms with Gasteiger partial charge in [0.15, 0.2) is 11.6 Å². The van der Waals surface area contributed by atoms with Gasteiger partial charge in [0.05, 0.1) is 0 Å². The first-order valence-corrected chi connectivity index (χ1v) is 8.12. The molecule has 0 heterocycles. The van der Waals surface area contributed by atoms with Gasteiger partial charge in [0.2, 0.25) is 0 Å². The number of nitrogens with two attached hydrogens (primary N) is 1. The minimum atomic E-state index is -0.850. The fraction of sp³-hybridized carbons (Fsp3) is 0.143. The Hall–Kier alpha value is -2.72. The highest BCUT2D eigenvalue weighted by atomic mass is 19.2. The quantitative estimate of drug-likeness (QED) is 0.683. The van der Waals surface area contributed by atoms with E-state index in [9.17, 15) is 8.78 Å². The summed E-state index contributed by atoms with van der Waals surface area (Å²) in [5.74, 6) is -0.308. The van der Waals surface area contributed by atoms with E-state index in [2.05, 4.69) is 0 Å². The summed E-state index contributed by atoms with van der Waals surface area (Å²) in [5.41, 5.74) is 7.57. The van der Waals surface area contributed by atoms with Crippen LogP contribution in [0, 0.1) is 11.6 Å². The van der Waals surface area contributed by atoms with E-state index in [1.54, 1.807) is 6.07 Å². The zero-order valence-electron chi connectivity index (χ0n) is 13.7. The fourth-order valence-electron chi connectivity index (χ4n) is 2.75. The molecule has 3 aromatic rings. The van der Waals surface area contributed by atoms with Crippen molar-refractivity contribution in [2.24, 2.45) is 5.73 Å². The maximum atomic E-state index is 13.5. The summed E-state index contributed by atoms with van der Waals surface area (Å²) in [4.78, 5) is 0. The molecule has 4 heteroatoms. The van der Waals surface area contributed by atoms with Gasteiger partial charge >= 0.3 is 0 Å². The predicted molar refractivity (Wildman–Crippen MR) is 94.8 cm³/mol. The van der Waals surface area contributed by atoms with Crippen molar-refractivity contribution in [2.75, 3.05) is 6.54 Å². The maximum absolute atomic E-state index is 13.5. The first kappa shape index (κ1) is 17.1. The number of rotatable bonds is 6. The standard InChI is InChI=1S/C21H19F2NO/c22-20-10-9-16(13-21(20)23)17(14-24)11-15-5-4-8-19(12-15)25-18-6-2-1-3-7-18/h1-10,12-13,17H,11,14,24H2. The molecule has 0 aliphatic heterocycles. The van der Waals surface area contributed by atoms with E-state index < -0.39 is 11.6 Å². The Morgan fingerprint density at radius 3 is 2.28 bits per heavy atom. The summed E-state index contributed by atoms with van der Waals surface area (Å²) >= 11 is 0. The summed E-state index contributed by atoms with van der Waals surface area (Å²) in [5, 5.41) is 0. The second-order valence-corrected chi connectivity index (χ2v) is 5.87. The molecule has 0 spiro atoms. The highest BCUT2D eigenvalue weighted by Gasteiger charge is 2.14. The minimum absolute atomic E-state index is 0.0953. The van der Waals surface area contributed by atoms with Gasteiger partial charge in [-0.05, 0) is 60.5 Å². The van der Waals surface area contributed by atoms with Crippen LogP contribution in [-0.2, 0) is 6.42 Å². The van der Waals surface area contributed by atoms with Crippen LogP contribution < -0.4 is 10.5 Å². The summed E-state index contributed by atoms with van der Waals surface area (Å²) in [6.07, 6.45) is 0.619. The van der Waals surface area contributed by atoms with Crippen molar-refractivity contribution in [3.05, 3.63) is 95.6 Å². The van der Waals surface area contributed by atoms with Gasteiger partial charge < -0.3 is 10.5 Å². The third-order valence-corrected chi connectivity index (χ3v) is 4.06. The van der Waals surface area contributed by atoms with Crippen LogP contribution >= 0.6 is 0 Å². The fourth-order valence-corrected chi connectivity index (χ4v) is 2.75. The Labute approximate surface area is 145 Å². The average molecular weight is 339 g/mol. The molecule has 0 aromatic heterocycles. The number of benzene rings is 3. The van der Waals surface area contributed by atoms with Crippen LogP contribution in [0.4, 0.5) is 8.78 Å². The van der Waals surface area contributed by atoms with E-state index in [1.165, 1.54) is 6.07 Å². The number of halogens is 2. The van der Waals surface area contributed by atoms with Crippen molar-refractivity contribution < 1.29 is 13.5 Å². The van der Waals surface area contributed by atoms with Crippen molar-refractivity contribution >= 4 is 0 Å². The average Bonchev–Trinajstić information content (AvgIpc) is 2.63. The Bertz CT molecular complexity index is 836. The molecular formula is C21H19F2NO. The minimum Gasteiger partial charge on any atom is -0.457 e. The topological polar surface area (TPSA) is 35.2 Å². The van der Waals surface area contributed by atoms with Gasteiger partial charge in [0.1, 0.15) is 11.5 Å². The zero-order valence-corrected chi connectivity index (χ0v) is 13.7. The molecule has 128 valence electrons. The van der Waals surface area contributed by atoms with Gasteiger partial charge in [-0.3, -0.25) is 0 Å². The van der Waals surface area contributed by atoms with Crippen LogP contribution in [0.5, 0.6) is 11.5 Å². The van der Waals surface area contributed by atoms with Crippen molar-refractivity contribution in [2.45, 2.75) is 12.3 Å². The lowest BCUT2D eigenvalue weighted by atomic mass is 9.92. The van der Waals surface area contributed by atoms with Crippen LogP contribution in [0.1, 0.15) is 17.0 Å². The van der Waals surface area contributed by atoms with Crippen LogP contribution in [-0.4, -0.2) is 6.54 Å². The molecule has 3 aromatic carbocycles. The number of hydrogen-bond donors (Lipinski definition) is 1. The molecule has 0 bridgehead atoms. The van der Waals surface area contributed by atoms with Crippen LogP contribution in [0.3, 0.4) is 0 Å². The predicted octanol–water partition coefficient (Wildman–Crippen LogP) is 5.04.